The van der Waals surface area contributed by atoms with Crippen molar-refractivity contribution in [3.63, 3.8) is 0 Å². The smallest absolute Gasteiger partial charge is 0.313 e. The molecule has 1 N–H and O–H groups in total. The number of aliphatic hydroxyl groups excluding tert-OH is 1. The molecule has 116 valence electrons. The average Bonchev–Trinajstić information content (AvgIpc) is 2.90. The summed E-state index contributed by atoms with van der Waals surface area (Å²) in [6.45, 7) is 11.7. The SMILES string of the molecule is CC(C)(C)OC(=O)CC(=O)C[C@@H](O)[C@@H]1O[C@H]1[Si](C)(C)C. The predicted molar refractivity (Wildman–Crippen MR) is 78.1 cm³/mol. The number of hydrogen-bond acceptors (Lipinski definition) is 5. The van der Waals surface area contributed by atoms with Gasteiger partial charge in [-0.3, -0.25) is 9.59 Å². The lowest BCUT2D eigenvalue weighted by Gasteiger charge is -2.19. The first-order chi connectivity index (χ1) is 8.90. The van der Waals surface area contributed by atoms with Gasteiger partial charge < -0.3 is 14.6 Å². The highest BCUT2D eigenvalue weighted by Gasteiger charge is 2.52. The topological polar surface area (TPSA) is 76.1 Å². The molecule has 1 aliphatic heterocycles. The molecular weight excluding hydrogens is 276 g/mol. The van der Waals surface area contributed by atoms with E-state index in [-0.39, 0.29) is 30.5 Å². The monoisotopic (exact) mass is 302 g/mol. The van der Waals surface area contributed by atoms with Gasteiger partial charge in [-0.25, -0.2) is 0 Å². The number of esters is 1. The number of carbonyl (C=O) groups excluding carboxylic acids is 2. The van der Waals surface area contributed by atoms with Crippen molar-refractivity contribution in [1.29, 1.82) is 0 Å². The number of ether oxygens (including phenoxy) is 2. The molecule has 0 aromatic heterocycles. The average molecular weight is 302 g/mol. The zero-order valence-electron chi connectivity index (χ0n) is 13.2. The molecular formula is C14H26O5Si. The Morgan fingerprint density at radius 3 is 2.25 bits per heavy atom. The molecule has 1 saturated heterocycles. The molecule has 6 heteroatoms. The standard InChI is InChI=1S/C14H26O5Si/c1-14(2,3)19-11(17)8-9(15)7-10(16)12-13(18-12)20(4,5)6/h10,12-13,16H,7-8H2,1-6H3/t10-,12+,13+/m1/s1. The fourth-order valence-corrected chi connectivity index (χ4v) is 3.85. The summed E-state index contributed by atoms with van der Waals surface area (Å²) >= 11 is 0. The van der Waals surface area contributed by atoms with E-state index in [2.05, 4.69) is 19.6 Å². The van der Waals surface area contributed by atoms with Gasteiger partial charge in [-0.1, -0.05) is 19.6 Å². The van der Waals surface area contributed by atoms with Crippen LogP contribution < -0.4 is 0 Å². The van der Waals surface area contributed by atoms with Crippen molar-refractivity contribution in [2.24, 2.45) is 0 Å². The van der Waals surface area contributed by atoms with Crippen LogP contribution in [0.4, 0.5) is 0 Å². The number of Topliss-reactive ketones (excluding diaryl/α,β-unsaturated/α-hetero) is 1. The van der Waals surface area contributed by atoms with Crippen LogP contribution in [-0.2, 0) is 19.1 Å². The first-order valence-electron chi connectivity index (χ1n) is 6.97. The summed E-state index contributed by atoms with van der Waals surface area (Å²) in [6, 6.07) is 0. The molecule has 0 bridgehead atoms. The third-order valence-corrected chi connectivity index (χ3v) is 5.13. The Labute approximate surface area is 121 Å². The van der Waals surface area contributed by atoms with E-state index < -0.39 is 25.7 Å². The summed E-state index contributed by atoms with van der Waals surface area (Å²) in [4.78, 5) is 23.2. The van der Waals surface area contributed by atoms with E-state index in [0.717, 1.165) is 0 Å². The maximum Gasteiger partial charge on any atom is 0.313 e. The number of hydrogen-bond donors (Lipinski definition) is 1. The molecule has 1 fully saturated rings. The number of aliphatic hydroxyl groups is 1. The Morgan fingerprint density at radius 2 is 1.85 bits per heavy atom. The number of rotatable bonds is 6. The predicted octanol–water partition coefficient (Wildman–Crippen LogP) is 1.68. The molecule has 0 aromatic carbocycles. The molecule has 1 aliphatic rings. The van der Waals surface area contributed by atoms with Crippen LogP contribution >= 0.6 is 0 Å². The quantitative estimate of drug-likeness (QED) is 0.350. The van der Waals surface area contributed by atoms with Crippen molar-refractivity contribution < 1.29 is 24.2 Å². The zero-order chi connectivity index (χ0) is 15.7. The van der Waals surface area contributed by atoms with Gasteiger partial charge in [0.15, 0.2) is 0 Å². The van der Waals surface area contributed by atoms with Crippen molar-refractivity contribution in [2.75, 3.05) is 0 Å². The Bertz CT molecular complexity index is 380. The molecule has 0 saturated carbocycles. The summed E-state index contributed by atoms with van der Waals surface area (Å²) in [5.41, 5.74) is -0.495. The highest BCUT2D eigenvalue weighted by Crippen LogP contribution is 2.34. The van der Waals surface area contributed by atoms with E-state index in [1.54, 1.807) is 20.8 Å². The summed E-state index contributed by atoms with van der Waals surface area (Å²) in [5.74, 6) is -0.857. The van der Waals surface area contributed by atoms with E-state index in [0.29, 0.717) is 0 Å². The van der Waals surface area contributed by atoms with E-state index in [4.69, 9.17) is 9.47 Å². The van der Waals surface area contributed by atoms with Gasteiger partial charge in [-0.05, 0) is 20.8 Å². The van der Waals surface area contributed by atoms with Crippen molar-refractivity contribution >= 4 is 19.8 Å². The first-order valence-corrected chi connectivity index (χ1v) is 10.5. The van der Waals surface area contributed by atoms with Gasteiger partial charge in [0.25, 0.3) is 0 Å². The largest absolute Gasteiger partial charge is 0.460 e. The second-order valence-electron chi connectivity index (χ2n) is 7.46. The van der Waals surface area contributed by atoms with Crippen LogP contribution in [0.3, 0.4) is 0 Å². The number of carbonyl (C=O) groups is 2. The van der Waals surface area contributed by atoms with Gasteiger partial charge >= 0.3 is 5.97 Å². The van der Waals surface area contributed by atoms with E-state index >= 15 is 0 Å². The van der Waals surface area contributed by atoms with E-state index in [9.17, 15) is 14.7 Å². The van der Waals surface area contributed by atoms with Crippen molar-refractivity contribution in [2.45, 2.75) is 76.8 Å². The highest BCUT2D eigenvalue weighted by atomic mass is 28.3. The van der Waals surface area contributed by atoms with Crippen LogP contribution in [0.15, 0.2) is 0 Å². The Balaban J connectivity index is 2.35. The lowest BCUT2D eigenvalue weighted by molar-refractivity contribution is -0.156. The molecule has 0 aliphatic carbocycles. The normalized spacial score (nSPS) is 24.1. The van der Waals surface area contributed by atoms with Crippen LogP contribution in [0.2, 0.25) is 19.6 Å². The summed E-state index contributed by atoms with van der Waals surface area (Å²) in [6.07, 6.45) is -1.41. The molecule has 0 radical (unpaired) electrons. The van der Waals surface area contributed by atoms with Crippen LogP contribution in [0, 0.1) is 0 Å². The minimum Gasteiger partial charge on any atom is -0.460 e. The second-order valence-corrected chi connectivity index (χ2v) is 12.8. The minimum absolute atomic E-state index is 0.0507. The fourth-order valence-electron chi connectivity index (χ4n) is 2.07. The molecule has 5 nitrogen and oxygen atoms in total. The maximum absolute atomic E-state index is 11.7. The first kappa shape index (κ1) is 17.3. The van der Waals surface area contributed by atoms with E-state index in [1.807, 2.05) is 0 Å². The second kappa shape index (κ2) is 5.95. The Morgan fingerprint density at radius 1 is 1.30 bits per heavy atom. The maximum atomic E-state index is 11.7. The lowest BCUT2D eigenvalue weighted by atomic mass is 10.1. The molecule has 0 spiro atoms. The van der Waals surface area contributed by atoms with Gasteiger partial charge in [-0.15, -0.1) is 0 Å². The van der Waals surface area contributed by atoms with Crippen molar-refractivity contribution in [3.05, 3.63) is 0 Å². The molecule has 0 unspecified atom stereocenters. The molecule has 0 amide bonds. The molecule has 20 heavy (non-hydrogen) atoms. The minimum atomic E-state index is -1.45. The molecule has 0 aromatic rings. The summed E-state index contributed by atoms with van der Waals surface area (Å²) in [5, 5.41) is 9.96. The van der Waals surface area contributed by atoms with Crippen LogP contribution in [0.1, 0.15) is 33.6 Å². The molecule has 1 heterocycles. The van der Waals surface area contributed by atoms with Crippen molar-refractivity contribution in [1.82, 2.24) is 0 Å². The number of epoxide rings is 1. The van der Waals surface area contributed by atoms with Gasteiger partial charge in [-0.2, -0.15) is 0 Å². The third-order valence-electron chi connectivity index (χ3n) is 2.96. The molecule has 1 rings (SSSR count). The highest BCUT2D eigenvalue weighted by molar-refractivity contribution is 6.78. The Hall–Kier alpha value is -0.723. The van der Waals surface area contributed by atoms with Gasteiger partial charge in [0.2, 0.25) is 0 Å². The Kier molecular flexibility index (Phi) is 5.16. The summed E-state index contributed by atoms with van der Waals surface area (Å²) < 4.78 is 10.5. The van der Waals surface area contributed by atoms with Crippen molar-refractivity contribution in [3.8, 4) is 0 Å². The van der Waals surface area contributed by atoms with Crippen LogP contribution in [0.5, 0.6) is 0 Å². The van der Waals surface area contributed by atoms with Gasteiger partial charge in [0, 0.05) is 6.42 Å². The lowest BCUT2D eigenvalue weighted by Crippen LogP contribution is -2.34. The van der Waals surface area contributed by atoms with E-state index in [1.165, 1.54) is 0 Å². The summed E-state index contributed by atoms with van der Waals surface area (Å²) in [7, 11) is -1.45. The molecule has 3 atom stereocenters. The third kappa shape index (κ3) is 5.72. The fraction of sp³-hybridized carbons (Fsp3) is 0.857. The van der Waals surface area contributed by atoms with Gasteiger partial charge in [0.1, 0.15) is 23.9 Å². The van der Waals surface area contributed by atoms with Crippen LogP contribution in [-0.4, -0.2) is 48.5 Å². The van der Waals surface area contributed by atoms with Gasteiger partial charge in [0.05, 0.1) is 19.9 Å². The zero-order valence-corrected chi connectivity index (χ0v) is 14.2. The van der Waals surface area contributed by atoms with Crippen LogP contribution in [0.25, 0.3) is 0 Å². The number of ketones is 1.